The lowest BCUT2D eigenvalue weighted by atomic mass is 10.1. The number of ether oxygens (including phenoxy) is 1. The minimum atomic E-state index is -4.59. The summed E-state index contributed by atoms with van der Waals surface area (Å²) in [4.78, 5) is 35.2. The number of esters is 1. The maximum atomic E-state index is 12.7. The second kappa shape index (κ2) is 8.81. The molecule has 6 nitrogen and oxygen atoms in total. The summed E-state index contributed by atoms with van der Waals surface area (Å²) in [6.45, 7) is -0.721. The van der Waals surface area contributed by atoms with Gasteiger partial charge in [0.2, 0.25) is 5.91 Å². The van der Waals surface area contributed by atoms with Crippen molar-refractivity contribution in [3.63, 3.8) is 0 Å². The Morgan fingerprint density at radius 2 is 1.71 bits per heavy atom. The molecule has 0 saturated heterocycles. The van der Waals surface area contributed by atoms with E-state index in [2.05, 4.69) is 5.32 Å². The molecule has 0 aliphatic carbocycles. The fourth-order valence-corrected chi connectivity index (χ4v) is 2.13. The second-order valence-electron chi connectivity index (χ2n) is 5.54. The topological polar surface area (TPSA) is 96.3 Å². The summed E-state index contributed by atoms with van der Waals surface area (Å²) in [5.41, 5.74) is -0.760. The van der Waals surface area contributed by atoms with Gasteiger partial charge in [0.1, 0.15) is 6.42 Å². The Bertz CT molecular complexity index is 931. The minimum Gasteiger partial charge on any atom is -0.454 e. The zero-order valence-electron chi connectivity index (χ0n) is 14.2. The van der Waals surface area contributed by atoms with Crippen LogP contribution >= 0.6 is 0 Å². The highest BCUT2D eigenvalue weighted by molar-refractivity contribution is 5.99. The van der Waals surface area contributed by atoms with Crippen molar-refractivity contribution in [2.24, 2.45) is 0 Å². The molecule has 0 fully saturated rings. The summed E-state index contributed by atoms with van der Waals surface area (Å²) in [5, 5.41) is 10.9. The maximum Gasteiger partial charge on any atom is 0.416 e. The molecule has 0 heterocycles. The number of nitriles is 1. The number of amides is 1. The number of ketones is 1. The number of carbonyl (C=O) groups excluding carboxylic acids is 3. The highest BCUT2D eigenvalue weighted by Gasteiger charge is 2.30. The maximum absolute atomic E-state index is 12.7. The lowest BCUT2D eigenvalue weighted by Crippen LogP contribution is -2.15. The zero-order valence-corrected chi connectivity index (χ0v) is 14.2. The summed E-state index contributed by atoms with van der Waals surface area (Å²) in [6.07, 6.45) is -4.90. The van der Waals surface area contributed by atoms with E-state index in [-0.39, 0.29) is 17.5 Å². The normalized spacial score (nSPS) is 10.6. The van der Waals surface area contributed by atoms with Crippen LogP contribution in [0.2, 0.25) is 0 Å². The molecule has 0 atom stereocenters. The Balaban J connectivity index is 1.96. The largest absolute Gasteiger partial charge is 0.454 e. The average molecular weight is 390 g/mol. The number of Topliss-reactive ketones (excluding diaryl/α,β-unsaturated/α-hetero) is 1. The van der Waals surface area contributed by atoms with Crippen molar-refractivity contribution >= 4 is 23.3 Å². The Morgan fingerprint density at radius 3 is 2.32 bits per heavy atom. The molecule has 2 rings (SSSR count). The Morgan fingerprint density at radius 1 is 1.04 bits per heavy atom. The van der Waals surface area contributed by atoms with Crippen LogP contribution in [0.4, 0.5) is 18.9 Å². The number of nitrogens with one attached hydrogen (secondary N) is 1. The van der Waals surface area contributed by atoms with Gasteiger partial charge in [-0.2, -0.15) is 18.4 Å². The molecule has 1 amide bonds. The van der Waals surface area contributed by atoms with Crippen LogP contribution in [-0.4, -0.2) is 24.3 Å². The van der Waals surface area contributed by atoms with Gasteiger partial charge in [-0.15, -0.1) is 0 Å². The van der Waals surface area contributed by atoms with Crippen LogP contribution < -0.4 is 5.32 Å². The van der Waals surface area contributed by atoms with Crippen LogP contribution in [0.1, 0.15) is 32.7 Å². The number of benzene rings is 2. The highest BCUT2D eigenvalue weighted by atomic mass is 19.4. The molecule has 0 bridgehead atoms. The number of halogens is 3. The molecule has 2 aromatic carbocycles. The summed E-state index contributed by atoms with van der Waals surface area (Å²) >= 11 is 0. The zero-order chi connectivity index (χ0) is 20.7. The van der Waals surface area contributed by atoms with Gasteiger partial charge >= 0.3 is 12.1 Å². The SMILES string of the molecule is N#CCC(=O)Nc1ccc(C(=O)OCC(=O)c2cccc(C(F)(F)F)c2)cc1. The van der Waals surface area contributed by atoms with Gasteiger partial charge in [-0.25, -0.2) is 4.79 Å². The Kier molecular flexibility index (Phi) is 6.50. The number of hydrogen-bond donors (Lipinski definition) is 1. The molecule has 1 N–H and O–H groups in total. The van der Waals surface area contributed by atoms with Gasteiger partial charge in [0.15, 0.2) is 12.4 Å². The highest BCUT2D eigenvalue weighted by Crippen LogP contribution is 2.29. The van der Waals surface area contributed by atoms with Gasteiger partial charge in [-0.05, 0) is 36.4 Å². The van der Waals surface area contributed by atoms with Crippen LogP contribution in [0, 0.1) is 11.3 Å². The third-order valence-electron chi connectivity index (χ3n) is 3.49. The summed E-state index contributed by atoms with van der Waals surface area (Å²) in [7, 11) is 0. The molecular formula is C19H13F3N2O4. The molecule has 28 heavy (non-hydrogen) atoms. The van der Waals surface area contributed by atoms with Crippen LogP contribution in [0.3, 0.4) is 0 Å². The first kappa shape index (κ1) is 20.6. The number of rotatable bonds is 6. The van der Waals surface area contributed by atoms with Crippen LogP contribution in [0.15, 0.2) is 48.5 Å². The summed E-state index contributed by atoms with van der Waals surface area (Å²) in [5.74, 6) is -2.14. The van der Waals surface area contributed by atoms with Crippen molar-refractivity contribution in [2.75, 3.05) is 11.9 Å². The van der Waals surface area contributed by atoms with E-state index in [1.165, 1.54) is 30.3 Å². The number of carbonyl (C=O) groups is 3. The first-order valence-electron chi connectivity index (χ1n) is 7.85. The van der Waals surface area contributed by atoms with Gasteiger partial charge in [-0.3, -0.25) is 9.59 Å². The molecule has 0 aliphatic rings. The Labute approximate surface area is 157 Å². The molecular weight excluding hydrogens is 377 g/mol. The standard InChI is InChI=1S/C19H13F3N2O4/c20-19(21,22)14-3-1-2-13(10-14)16(25)11-28-18(27)12-4-6-15(7-5-12)24-17(26)8-9-23/h1-7,10H,8,11H2,(H,24,26). The Hall–Kier alpha value is -3.67. The van der Waals surface area contributed by atoms with Crippen LogP contribution in [0.25, 0.3) is 0 Å². The molecule has 2 aromatic rings. The number of nitrogens with zero attached hydrogens (tertiary/aromatic N) is 1. The van der Waals surface area contributed by atoms with E-state index in [0.29, 0.717) is 11.8 Å². The van der Waals surface area contributed by atoms with Crippen molar-refractivity contribution in [3.05, 3.63) is 65.2 Å². The fourth-order valence-electron chi connectivity index (χ4n) is 2.13. The molecule has 144 valence electrons. The molecule has 0 unspecified atom stereocenters. The van der Waals surface area contributed by atoms with E-state index < -0.39 is 36.0 Å². The fraction of sp³-hybridized carbons (Fsp3) is 0.158. The molecule has 0 radical (unpaired) electrons. The number of alkyl halides is 3. The smallest absolute Gasteiger partial charge is 0.416 e. The molecule has 0 aromatic heterocycles. The van der Waals surface area contributed by atoms with Crippen LogP contribution in [0.5, 0.6) is 0 Å². The van der Waals surface area contributed by atoms with E-state index in [0.717, 1.165) is 12.1 Å². The van der Waals surface area contributed by atoms with E-state index in [9.17, 15) is 27.6 Å². The van der Waals surface area contributed by atoms with Crippen molar-refractivity contribution < 1.29 is 32.3 Å². The van der Waals surface area contributed by atoms with Crippen molar-refractivity contribution in [1.82, 2.24) is 0 Å². The first-order chi connectivity index (χ1) is 13.2. The summed E-state index contributed by atoms with van der Waals surface area (Å²) < 4.78 is 42.9. The predicted octanol–water partition coefficient (Wildman–Crippen LogP) is 3.60. The van der Waals surface area contributed by atoms with Gasteiger partial charge < -0.3 is 10.1 Å². The quantitative estimate of drug-likeness (QED) is 0.601. The van der Waals surface area contributed by atoms with E-state index >= 15 is 0 Å². The lowest BCUT2D eigenvalue weighted by Gasteiger charge is -2.09. The third kappa shape index (κ3) is 5.67. The van der Waals surface area contributed by atoms with Crippen LogP contribution in [-0.2, 0) is 15.7 Å². The second-order valence-corrected chi connectivity index (χ2v) is 5.54. The molecule has 0 saturated carbocycles. The summed E-state index contributed by atoms with van der Waals surface area (Å²) in [6, 6.07) is 11.0. The van der Waals surface area contributed by atoms with Gasteiger partial charge in [0, 0.05) is 11.3 Å². The van der Waals surface area contributed by atoms with Gasteiger partial charge in [-0.1, -0.05) is 12.1 Å². The lowest BCUT2D eigenvalue weighted by molar-refractivity contribution is -0.137. The number of hydrogen-bond acceptors (Lipinski definition) is 5. The van der Waals surface area contributed by atoms with Crippen molar-refractivity contribution in [3.8, 4) is 6.07 Å². The van der Waals surface area contributed by atoms with E-state index in [4.69, 9.17) is 10.00 Å². The third-order valence-corrected chi connectivity index (χ3v) is 3.49. The van der Waals surface area contributed by atoms with Crippen molar-refractivity contribution in [2.45, 2.75) is 12.6 Å². The minimum absolute atomic E-state index is 0.0788. The predicted molar refractivity (Wildman–Crippen MR) is 91.4 cm³/mol. The monoisotopic (exact) mass is 390 g/mol. The molecule has 0 aliphatic heterocycles. The van der Waals surface area contributed by atoms with Gasteiger partial charge in [0.25, 0.3) is 0 Å². The average Bonchev–Trinajstić information content (AvgIpc) is 2.66. The molecule has 0 spiro atoms. The van der Waals surface area contributed by atoms with Gasteiger partial charge in [0.05, 0.1) is 17.2 Å². The number of anilines is 1. The molecule has 9 heteroatoms. The first-order valence-corrected chi connectivity index (χ1v) is 7.85. The van der Waals surface area contributed by atoms with E-state index in [1.54, 1.807) is 6.07 Å². The van der Waals surface area contributed by atoms with E-state index in [1.807, 2.05) is 0 Å². The van der Waals surface area contributed by atoms with Crippen molar-refractivity contribution in [1.29, 1.82) is 5.26 Å².